The van der Waals surface area contributed by atoms with Crippen LogP contribution in [-0.2, 0) is 6.42 Å². The highest BCUT2D eigenvalue weighted by atomic mass is 19.1. The van der Waals surface area contributed by atoms with E-state index in [0.29, 0.717) is 19.4 Å². The molecule has 120 valence electrons. The molecule has 3 rings (SSSR count). The van der Waals surface area contributed by atoms with E-state index in [1.165, 1.54) is 30.7 Å². The van der Waals surface area contributed by atoms with Crippen molar-refractivity contribution in [1.29, 1.82) is 0 Å². The monoisotopic (exact) mass is 315 g/mol. The quantitative estimate of drug-likeness (QED) is 0.938. The van der Waals surface area contributed by atoms with Gasteiger partial charge in [-0.05, 0) is 37.0 Å². The predicted octanol–water partition coefficient (Wildman–Crippen LogP) is 1.82. The number of hydrogen-bond acceptors (Lipinski definition) is 4. The minimum absolute atomic E-state index is 0.232. The first-order chi connectivity index (χ1) is 11.1. The molecule has 2 heterocycles. The first kappa shape index (κ1) is 15.6. The minimum Gasteiger partial charge on any atom is -0.391 e. The third kappa shape index (κ3) is 3.53. The first-order valence-corrected chi connectivity index (χ1v) is 7.64. The number of nitrogens with zero attached hydrogens (tertiary/aromatic N) is 3. The van der Waals surface area contributed by atoms with Gasteiger partial charge in [0.2, 0.25) is 0 Å². The number of amides is 1. The number of aliphatic hydroxyl groups is 1. The molecule has 2 aromatic rings. The second kappa shape index (κ2) is 6.83. The number of aliphatic hydroxyl groups excluding tert-OH is 1. The fourth-order valence-electron chi connectivity index (χ4n) is 2.95. The van der Waals surface area contributed by atoms with E-state index in [-0.39, 0.29) is 23.5 Å². The molecule has 1 aromatic heterocycles. The number of rotatable bonds is 3. The van der Waals surface area contributed by atoms with E-state index in [0.717, 1.165) is 12.0 Å². The van der Waals surface area contributed by atoms with Crippen molar-refractivity contribution in [2.45, 2.75) is 31.4 Å². The van der Waals surface area contributed by atoms with Gasteiger partial charge in [0.05, 0.1) is 18.3 Å². The van der Waals surface area contributed by atoms with E-state index in [1.807, 2.05) is 0 Å². The number of likely N-dealkylation sites (tertiary alicyclic amines) is 1. The Morgan fingerprint density at radius 1 is 1.30 bits per heavy atom. The average Bonchev–Trinajstić information content (AvgIpc) is 2.59. The highest BCUT2D eigenvalue weighted by Crippen LogP contribution is 2.23. The van der Waals surface area contributed by atoms with Crippen molar-refractivity contribution in [2.24, 2.45) is 0 Å². The third-order valence-corrected chi connectivity index (χ3v) is 4.14. The van der Waals surface area contributed by atoms with Crippen molar-refractivity contribution in [3.8, 4) is 0 Å². The standard InChI is InChI=1S/C17H18FN3O2/c18-13-5-3-12(4-6-13)10-15-16(22)2-1-9-21(15)17(23)14-11-19-7-8-20-14/h3-8,11,15-16,22H,1-2,9-10H2/t15-,16-/m0/s1. The lowest BCUT2D eigenvalue weighted by Gasteiger charge is -2.39. The summed E-state index contributed by atoms with van der Waals surface area (Å²) < 4.78 is 13.0. The molecule has 1 fully saturated rings. The van der Waals surface area contributed by atoms with Crippen molar-refractivity contribution < 1.29 is 14.3 Å². The zero-order valence-corrected chi connectivity index (χ0v) is 12.6. The van der Waals surface area contributed by atoms with E-state index in [4.69, 9.17) is 0 Å². The van der Waals surface area contributed by atoms with Crippen molar-refractivity contribution >= 4 is 5.91 Å². The van der Waals surface area contributed by atoms with Crippen molar-refractivity contribution in [3.05, 3.63) is 59.9 Å². The Labute approximate surface area is 133 Å². The molecule has 5 nitrogen and oxygen atoms in total. The van der Waals surface area contributed by atoms with Crippen LogP contribution < -0.4 is 0 Å². The van der Waals surface area contributed by atoms with Gasteiger partial charge in [0, 0.05) is 18.9 Å². The second-order valence-corrected chi connectivity index (χ2v) is 5.70. The molecule has 1 aliphatic heterocycles. The van der Waals surface area contributed by atoms with E-state index >= 15 is 0 Å². The Balaban J connectivity index is 1.82. The molecule has 0 unspecified atom stereocenters. The van der Waals surface area contributed by atoms with E-state index < -0.39 is 6.10 Å². The molecular formula is C17H18FN3O2. The lowest BCUT2D eigenvalue weighted by atomic mass is 9.92. The van der Waals surface area contributed by atoms with Gasteiger partial charge in [-0.1, -0.05) is 12.1 Å². The van der Waals surface area contributed by atoms with Gasteiger partial charge in [0.25, 0.3) is 5.91 Å². The number of halogens is 1. The molecule has 2 atom stereocenters. The molecule has 0 bridgehead atoms. The van der Waals surface area contributed by atoms with Gasteiger partial charge < -0.3 is 10.0 Å². The normalized spacial score (nSPS) is 21.2. The summed E-state index contributed by atoms with van der Waals surface area (Å²) in [6.07, 6.45) is 5.68. The predicted molar refractivity (Wildman–Crippen MR) is 82.2 cm³/mol. The fraction of sp³-hybridized carbons (Fsp3) is 0.353. The average molecular weight is 315 g/mol. The molecule has 1 aliphatic rings. The van der Waals surface area contributed by atoms with Crippen LogP contribution in [-0.4, -0.2) is 44.6 Å². The van der Waals surface area contributed by atoms with Crippen LogP contribution >= 0.6 is 0 Å². The van der Waals surface area contributed by atoms with Crippen LogP contribution in [0.2, 0.25) is 0 Å². The molecule has 0 aliphatic carbocycles. The topological polar surface area (TPSA) is 66.3 Å². The van der Waals surface area contributed by atoms with Crippen molar-refractivity contribution in [2.75, 3.05) is 6.54 Å². The van der Waals surface area contributed by atoms with Gasteiger partial charge in [0.1, 0.15) is 11.5 Å². The van der Waals surface area contributed by atoms with Crippen LogP contribution in [0.3, 0.4) is 0 Å². The van der Waals surface area contributed by atoms with Gasteiger partial charge in [-0.3, -0.25) is 9.78 Å². The maximum atomic E-state index is 13.0. The molecule has 6 heteroatoms. The fourth-order valence-corrected chi connectivity index (χ4v) is 2.95. The summed E-state index contributed by atoms with van der Waals surface area (Å²) in [4.78, 5) is 22.3. The van der Waals surface area contributed by atoms with Gasteiger partial charge in [0.15, 0.2) is 0 Å². The lowest BCUT2D eigenvalue weighted by molar-refractivity contribution is 0.0114. The highest BCUT2D eigenvalue weighted by molar-refractivity contribution is 5.92. The molecule has 0 spiro atoms. The Bertz CT molecular complexity index is 663. The summed E-state index contributed by atoms with van der Waals surface area (Å²) in [5, 5.41) is 10.3. The molecule has 1 N–H and O–H groups in total. The first-order valence-electron chi connectivity index (χ1n) is 7.64. The van der Waals surface area contributed by atoms with Crippen LogP contribution in [0.4, 0.5) is 4.39 Å². The van der Waals surface area contributed by atoms with Crippen LogP contribution in [0.25, 0.3) is 0 Å². The number of aromatic nitrogens is 2. The number of hydrogen-bond donors (Lipinski definition) is 1. The van der Waals surface area contributed by atoms with E-state index in [2.05, 4.69) is 9.97 Å². The summed E-state index contributed by atoms with van der Waals surface area (Å²) in [5.41, 5.74) is 1.15. The maximum absolute atomic E-state index is 13.0. The Kier molecular flexibility index (Phi) is 4.62. The summed E-state index contributed by atoms with van der Waals surface area (Å²) in [5.74, 6) is -0.533. The SMILES string of the molecule is O=C(c1cnccn1)N1CCC[C@H](O)[C@@H]1Cc1ccc(F)cc1. The number of carbonyl (C=O) groups is 1. The molecule has 1 saturated heterocycles. The number of benzene rings is 1. The molecule has 1 amide bonds. The Morgan fingerprint density at radius 3 is 2.78 bits per heavy atom. The second-order valence-electron chi connectivity index (χ2n) is 5.70. The van der Waals surface area contributed by atoms with Crippen LogP contribution in [0, 0.1) is 5.82 Å². The lowest BCUT2D eigenvalue weighted by Crippen LogP contribution is -2.52. The van der Waals surface area contributed by atoms with Gasteiger partial charge in [-0.2, -0.15) is 0 Å². The van der Waals surface area contributed by atoms with Crippen molar-refractivity contribution in [1.82, 2.24) is 14.9 Å². The van der Waals surface area contributed by atoms with Crippen LogP contribution in [0.5, 0.6) is 0 Å². The van der Waals surface area contributed by atoms with Gasteiger partial charge in [-0.15, -0.1) is 0 Å². The minimum atomic E-state index is -0.602. The van der Waals surface area contributed by atoms with E-state index in [1.54, 1.807) is 17.0 Å². The maximum Gasteiger partial charge on any atom is 0.274 e. The van der Waals surface area contributed by atoms with Crippen LogP contribution in [0.15, 0.2) is 42.9 Å². The molecule has 23 heavy (non-hydrogen) atoms. The highest BCUT2D eigenvalue weighted by Gasteiger charge is 2.34. The zero-order chi connectivity index (χ0) is 16.2. The summed E-state index contributed by atoms with van der Waals surface area (Å²) in [7, 11) is 0. The summed E-state index contributed by atoms with van der Waals surface area (Å²) in [6, 6.07) is 5.80. The number of carbonyl (C=O) groups excluding carboxylic acids is 1. The van der Waals surface area contributed by atoms with Gasteiger partial charge >= 0.3 is 0 Å². The molecule has 1 aromatic carbocycles. The molecule has 0 radical (unpaired) electrons. The van der Waals surface area contributed by atoms with Crippen LogP contribution in [0.1, 0.15) is 28.9 Å². The Hall–Kier alpha value is -2.34. The smallest absolute Gasteiger partial charge is 0.274 e. The molecular weight excluding hydrogens is 297 g/mol. The van der Waals surface area contributed by atoms with Crippen molar-refractivity contribution in [3.63, 3.8) is 0 Å². The van der Waals surface area contributed by atoms with E-state index in [9.17, 15) is 14.3 Å². The number of piperidine rings is 1. The third-order valence-electron chi connectivity index (χ3n) is 4.14. The summed E-state index contributed by atoms with van der Waals surface area (Å²) in [6.45, 7) is 0.568. The summed E-state index contributed by atoms with van der Waals surface area (Å²) >= 11 is 0. The zero-order valence-electron chi connectivity index (χ0n) is 12.6. The Morgan fingerprint density at radius 2 is 2.09 bits per heavy atom. The van der Waals surface area contributed by atoms with Gasteiger partial charge in [-0.25, -0.2) is 9.37 Å². The molecule has 0 saturated carbocycles. The largest absolute Gasteiger partial charge is 0.391 e.